The van der Waals surface area contributed by atoms with E-state index in [0.29, 0.717) is 19.3 Å². The lowest BCUT2D eigenvalue weighted by molar-refractivity contribution is -0.167. The monoisotopic (exact) mass is 1000 g/mol. The minimum absolute atomic E-state index is 0.108. The van der Waals surface area contributed by atoms with E-state index in [0.717, 1.165) is 141 Å². The Bertz CT molecular complexity index is 1670. The largest absolute Gasteiger partial charge is 0.462 e. The van der Waals surface area contributed by atoms with Gasteiger partial charge >= 0.3 is 17.9 Å². The number of rotatable bonds is 50. The van der Waals surface area contributed by atoms with Crippen molar-refractivity contribution >= 4 is 17.9 Å². The summed E-state index contributed by atoms with van der Waals surface area (Å²) in [7, 11) is 0. The van der Waals surface area contributed by atoms with E-state index in [2.05, 4.69) is 179 Å². The zero-order valence-corrected chi connectivity index (χ0v) is 46.6. The average Bonchev–Trinajstić information content (AvgIpc) is 3.39. The Labute approximate surface area is 448 Å². The van der Waals surface area contributed by atoms with Crippen molar-refractivity contribution in [2.75, 3.05) is 13.2 Å². The Hall–Kier alpha value is -4.97. The van der Waals surface area contributed by atoms with Crippen LogP contribution < -0.4 is 0 Å². The Morgan fingerprint density at radius 3 is 0.890 bits per heavy atom. The van der Waals surface area contributed by atoms with Crippen molar-refractivity contribution in [1.82, 2.24) is 0 Å². The molecule has 6 heteroatoms. The standard InChI is InChI=1S/C67H104O6/c1-4-7-10-13-16-18-20-22-24-26-28-29-30-31-32-33-34-35-36-37-39-40-42-44-46-48-51-54-57-60-66(69)72-63-64(62-71-65(68)59-56-53-50-15-12-9-6-3)73-67(70)61-58-55-52-49-47-45-43-41-38-27-25-23-21-19-17-14-11-8-5-2/h7-8,10-11,16-19,22-25,28-29,31-32,34-35,37-39,41-42,44,48,51,64H,4-6,9,12-15,20-21,26-27,30,33,36,40,43,45-47,49-50,52-63H2,1-3H3/b10-7-,11-8-,18-16-,19-17-,24-22-,25-23-,29-28-,32-31-,35-34-,39-37-,41-38-,44-42-,51-48-. The zero-order chi connectivity index (χ0) is 52.9. The van der Waals surface area contributed by atoms with Crippen LogP contribution in [0, 0.1) is 0 Å². The lowest BCUT2D eigenvalue weighted by Crippen LogP contribution is -2.30. The van der Waals surface area contributed by atoms with Gasteiger partial charge in [0.2, 0.25) is 0 Å². The Morgan fingerprint density at radius 2 is 0.548 bits per heavy atom. The van der Waals surface area contributed by atoms with Gasteiger partial charge in [0.25, 0.3) is 0 Å². The van der Waals surface area contributed by atoms with Gasteiger partial charge in [0.15, 0.2) is 6.10 Å². The lowest BCUT2D eigenvalue weighted by atomic mass is 10.1. The number of hydrogen-bond acceptors (Lipinski definition) is 6. The Balaban J connectivity index is 4.35. The molecular weight excluding hydrogens is 901 g/mol. The minimum Gasteiger partial charge on any atom is -0.462 e. The molecule has 0 aliphatic rings. The van der Waals surface area contributed by atoms with E-state index in [1.54, 1.807) is 0 Å². The van der Waals surface area contributed by atoms with E-state index in [-0.39, 0.29) is 37.5 Å². The molecule has 0 aliphatic heterocycles. The highest BCUT2D eigenvalue weighted by Crippen LogP contribution is 2.13. The number of unbranched alkanes of at least 4 members (excludes halogenated alkanes) is 13. The molecule has 6 nitrogen and oxygen atoms in total. The molecule has 0 bridgehead atoms. The SMILES string of the molecule is CC/C=C\C/C=C\C/C=C\C/C=C\C/C=C\C/C=C\C/C=C\C/C=C\C/C=C\CCCC(=O)OCC(COC(=O)CCCCCCCCC)OC(=O)CCCCCCCC/C=C\C/C=C\C/C=C\C/C=C\CC. The molecule has 73 heavy (non-hydrogen) atoms. The van der Waals surface area contributed by atoms with E-state index in [1.165, 1.54) is 38.5 Å². The minimum atomic E-state index is -0.814. The first kappa shape index (κ1) is 68.0. The molecule has 0 radical (unpaired) electrons. The zero-order valence-electron chi connectivity index (χ0n) is 46.6. The fourth-order valence-electron chi connectivity index (χ4n) is 7.26. The van der Waals surface area contributed by atoms with Crippen LogP contribution in [0.5, 0.6) is 0 Å². The molecule has 408 valence electrons. The average molecular weight is 1010 g/mol. The summed E-state index contributed by atoms with van der Waals surface area (Å²) in [5.41, 5.74) is 0. The maximum atomic E-state index is 12.8. The topological polar surface area (TPSA) is 78.9 Å². The summed E-state index contributed by atoms with van der Waals surface area (Å²) in [4.78, 5) is 37.9. The second kappa shape index (κ2) is 59.6. The smallest absolute Gasteiger partial charge is 0.306 e. The normalized spacial score (nSPS) is 13.3. The van der Waals surface area contributed by atoms with Crippen molar-refractivity contribution in [3.05, 3.63) is 158 Å². The van der Waals surface area contributed by atoms with Crippen molar-refractivity contribution in [3.8, 4) is 0 Å². The van der Waals surface area contributed by atoms with Gasteiger partial charge in [-0.1, -0.05) is 243 Å². The molecule has 0 fully saturated rings. The third-order valence-electron chi connectivity index (χ3n) is 11.5. The van der Waals surface area contributed by atoms with Crippen LogP contribution in [0.15, 0.2) is 158 Å². The van der Waals surface area contributed by atoms with E-state index in [1.807, 2.05) is 0 Å². The number of hydrogen-bond donors (Lipinski definition) is 0. The first-order valence-corrected chi connectivity index (χ1v) is 29.0. The van der Waals surface area contributed by atoms with E-state index < -0.39 is 6.10 Å². The molecule has 0 N–H and O–H groups in total. The summed E-state index contributed by atoms with van der Waals surface area (Å²) < 4.78 is 16.7. The fourth-order valence-corrected chi connectivity index (χ4v) is 7.26. The van der Waals surface area contributed by atoms with Crippen molar-refractivity contribution in [3.63, 3.8) is 0 Å². The van der Waals surface area contributed by atoms with Crippen molar-refractivity contribution in [2.24, 2.45) is 0 Å². The maximum Gasteiger partial charge on any atom is 0.306 e. The van der Waals surface area contributed by atoms with Gasteiger partial charge < -0.3 is 14.2 Å². The summed E-state index contributed by atoms with van der Waals surface area (Å²) in [5.74, 6) is -1.00. The Morgan fingerprint density at radius 1 is 0.288 bits per heavy atom. The second-order valence-electron chi connectivity index (χ2n) is 18.4. The van der Waals surface area contributed by atoms with E-state index in [9.17, 15) is 14.4 Å². The molecule has 0 aromatic carbocycles. The highest BCUT2D eigenvalue weighted by molar-refractivity contribution is 5.71. The number of carbonyl (C=O) groups is 3. The molecular formula is C67H104O6. The van der Waals surface area contributed by atoms with Crippen LogP contribution in [0.3, 0.4) is 0 Å². The van der Waals surface area contributed by atoms with Crippen LogP contribution in [-0.2, 0) is 28.6 Å². The molecule has 0 saturated carbocycles. The van der Waals surface area contributed by atoms with Gasteiger partial charge in [0, 0.05) is 19.3 Å². The molecule has 0 aromatic rings. The van der Waals surface area contributed by atoms with Crippen molar-refractivity contribution in [1.29, 1.82) is 0 Å². The predicted octanol–water partition coefficient (Wildman–Crippen LogP) is 19.8. The number of esters is 3. The number of allylic oxidation sites excluding steroid dienone is 26. The van der Waals surface area contributed by atoms with Crippen LogP contribution in [0.25, 0.3) is 0 Å². The molecule has 0 spiro atoms. The van der Waals surface area contributed by atoms with Crippen molar-refractivity contribution in [2.45, 2.75) is 232 Å². The highest BCUT2D eigenvalue weighted by Gasteiger charge is 2.19. The third-order valence-corrected chi connectivity index (χ3v) is 11.5. The van der Waals surface area contributed by atoms with Crippen LogP contribution in [0.4, 0.5) is 0 Å². The fraction of sp³-hybridized carbons (Fsp3) is 0.567. The van der Waals surface area contributed by atoms with Gasteiger partial charge in [0.1, 0.15) is 13.2 Å². The van der Waals surface area contributed by atoms with Gasteiger partial charge in [0.05, 0.1) is 0 Å². The molecule has 0 rings (SSSR count). The van der Waals surface area contributed by atoms with Gasteiger partial charge in [-0.15, -0.1) is 0 Å². The maximum absolute atomic E-state index is 12.8. The Kier molecular flexibility index (Phi) is 55.5. The third kappa shape index (κ3) is 57.8. The second-order valence-corrected chi connectivity index (χ2v) is 18.4. The van der Waals surface area contributed by atoms with Crippen LogP contribution in [0.2, 0.25) is 0 Å². The summed E-state index contributed by atoms with van der Waals surface area (Å²) in [5, 5.41) is 0. The van der Waals surface area contributed by atoms with Crippen LogP contribution in [0.1, 0.15) is 226 Å². The van der Waals surface area contributed by atoms with Crippen molar-refractivity contribution < 1.29 is 28.6 Å². The summed E-state index contributed by atoms with van der Waals surface area (Å²) in [6, 6.07) is 0. The molecule has 0 heterocycles. The summed E-state index contributed by atoms with van der Waals surface area (Å²) in [6.45, 7) is 6.29. The van der Waals surface area contributed by atoms with E-state index >= 15 is 0 Å². The van der Waals surface area contributed by atoms with Crippen LogP contribution >= 0.6 is 0 Å². The molecule has 0 saturated heterocycles. The van der Waals surface area contributed by atoms with Gasteiger partial charge in [-0.3, -0.25) is 14.4 Å². The number of ether oxygens (including phenoxy) is 3. The summed E-state index contributed by atoms with van der Waals surface area (Å²) in [6.07, 6.45) is 86.9. The molecule has 0 aliphatic carbocycles. The van der Waals surface area contributed by atoms with Gasteiger partial charge in [-0.25, -0.2) is 0 Å². The molecule has 1 atom stereocenters. The van der Waals surface area contributed by atoms with Crippen LogP contribution in [-0.4, -0.2) is 37.2 Å². The highest BCUT2D eigenvalue weighted by atomic mass is 16.6. The molecule has 1 unspecified atom stereocenters. The number of carbonyl (C=O) groups excluding carboxylic acids is 3. The summed E-state index contributed by atoms with van der Waals surface area (Å²) >= 11 is 0. The molecule has 0 amide bonds. The van der Waals surface area contributed by atoms with Gasteiger partial charge in [-0.2, -0.15) is 0 Å². The first-order chi connectivity index (χ1) is 36.0. The lowest BCUT2D eigenvalue weighted by Gasteiger charge is -2.18. The van der Waals surface area contributed by atoms with Gasteiger partial charge in [-0.05, 0) is 122 Å². The molecule has 0 aromatic heterocycles. The predicted molar refractivity (Wildman–Crippen MR) is 315 cm³/mol. The van der Waals surface area contributed by atoms with E-state index in [4.69, 9.17) is 14.2 Å². The first-order valence-electron chi connectivity index (χ1n) is 29.0. The quantitative estimate of drug-likeness (QED) is 0.0261.